The smallest absolute Gasteiger partial charge is 0.340 e. The summed E-state index contributed by atoms with van der Waals surface area (Å²) in [5.74, 6) is -1.34. The van der Waals surface area contributed by atoms with Crippen molar-refractivity contribution >= 4 is 29.6 Å². The van der Waals surface area contributed by atoms with Crippen molar-refractivity contribution in [3.05, 3.63) is 81.6 Å². The normalized spacial score (nSPS) is 15.0. The Morgan fingerprint density at radius 3 is 2.07 bits per heavy atom. The van der Waals surface area contributed by atoms with Crippen molar-refractivity contribution in [2.24, 2.45) is 0 Å². The van der Waals surface area contributed by atoms with Crippen LogP contribution in [0.3, 0.4) is 0 Å². The third-order valence-corrected chi connectivity index (χ3v) is 5.18. The number of carbonyl (C=O) groups excluding carboxylic acids is 3. The molecule has 30 heavy (non-hydrogen) atoms. The van der Waals surface area contributed by atoms with Crippen LogP contribution in [0.2, 0.25) is 0 Å². The van der Waals surface area contributed by atoms with Gasteiger partial charge in [0.1, 0.15) is 0 Å². The van der Waals surface area contributed by atoms with Crippen molar-refractivity contribution in [3.63, 3.8) is 0 Å². The topological polar surface area (TPSA) is 72.9 Å². The van der Waals surface area contributed by atoms with Gasteiger partial charge in [-0.05, 0) is 67.8 Å². The van der Waals surface area contributed by atoms with Crippen molar-refractivity contribution < 1.29 is 23.9 Å². The Morgan fingerprint density at radius 2 is 1.50 bits per heavy atom. The monoisotopic (exact) mass is 405 g/mol. The Bertz CT molecular complexity index is 1090. The molecule has 1 amide bonds. The Labute approximate surface area is 175 Å². The molecule has 2 aromatic carbocycles. The number of nitrogens with zero attached hydrogens (tertiary/aromatic N) is 1. The number of benzene rings is 2. The second-order valence-corrected chi connectivity index (χ2v) is 7.03. The molecule has 1 aliphatic heterocycles. The van der Waals surface area contributed by atoms with Crippen LogP contribution in [0.1, 0.15) is 34.0 Å². The molecule has 0 saturated heterocycles. The Balaban J connectivity index is 2.08. The highest BCUT2D eigenvalue weighted by molar-refractivity contribution is 6.23. The summed E-state index contributed by atoms with van der Waals surface area (Å²) < 4.78 is 9.64. The summed E-state index contributed by atoms with van der Waals surface area (Å²) in [6, 6.07) is 12.3. The van der Waals surface area contributed by atoms with Gasteiger partial charge in [-0.25, -0.2) is 9.59 Å². The lowest BCUT2D eigenvalue weighted by Crippen LogP contribution is -2.24. The van der Waals surface area contributed by atoms with Crippen LogP contribution in [0.4, 0.5) is 5.69 Å². The first-order valence-electron chi connectivity index (χ1n) is 9.39. The molecule has 0 saturated carbocycles. The van der Waals surface area contributed by atoms with Gasteiger partial charge in [0, 0.05) is 11.4 Å². The number of esters is 2. The highest BCUT2D eigenvalue weighted by Gasteiger charge is 2.37. The average molecular weight is 405 g/mol. The van der Waals surface area contributed by atoms with Crippen molar-refractivity contribution in [2.45, 2.75) is 20.8 Å². The second-order valence-electron chi connectivity index (χ2n) is 7.03. The molecule has 2 aromatic rings. The Morgan fingerprint density at radius 1 is 0.867 bits per heavy atom. The summed E-state index contributed by atoms with van der Waals surface area (Å²) in [5, 5.41) is 0. The van der Waals surface area contributed by atoms with Crippen LogP contribution in [0.25, 0.3) is 6.08 Å². The summed E-state index contributed by atoms with van der Waals surface area (Å²) >= 11 is 0. The molecule has 6 nitrogen and oxygen atoms in total. The number of allylic oxidation sites excluding steroid dienone is 1. The van der Waals surface area contributed by atoms with Gasteiger partial charge in [0.05, 0.1) is 30.9 Å². The van der Waals surface area contributed by atoms with Gasteiger partial charge in [0.15, 0.2) is 0 Å². The molecular weight excluding hydrogens is 382 g/mol. The molecule has 1 heterocycles. The lowest BCUT2D eigenvalue weighted by Gasteiger charge is -2.19. The molecule has 0 spiro atoms. The fourth-order valence-electron chi connectivity index (χ4n) is 3.36. The van der Waals surface area contributed by atoms with Crippen LogP contribution in [-0.4, -0.2) is 32.1 Å². The van der Waals surface area contributed by atoms with E-state index in [9.17, 15) is 14.4 Å². The largest absolute Gasteiger partial charge is 0.465 e. The van der Waals surface area contributed by atoms with Crippen molar-refractivity contribution in [1.82, 2.24) is 0 Å². The SMILES string of the molecule is COC(=O)C1=C(C)N(c2ccc(C)c(C)c2)C(=O)/C1=C\c1ccc(C(=O)OC)cc1. The molecule has 0 aliphatic carbocycles. The number of amides is 1. The fourth-order valence-corrected chi connectivity index (χ4v) is 3.36. The number of ether oxygens (including phenoxy) is 2. The van der Waals surface area contributed by atoms with Gasteiger partial charge < -0.3 is 9.47 Å². The van der Waals surface area contributed by atoms with E-state index in [-0.39, 0.29) is 17.1 Å². The first-order valence-corrected chi connectivity index (χ1v) is 9.39. The molecule has 0 atom stereocenters. The number of anilines is 1. The summed E-state index contributed by atoms with van der Waals surface area (Å²) in [7, 11) is 2.60. The fraction of sp³-hybridized carbons (Fsp3) is 0.208. The van der Waals surface area contributed by atoms with Gasteiger partial charge in [-0.1, -0.05) is 18.2 Å². The van der Waals surface area contributed by atoms with E-state index in [0.717, 1.165) is 11.1 Å². The standard InChI is InChI=1S/C24H23NO5/c1-14-6-11-19(12-15(14)2)25-16(3)21(24(28)30-5)20(22(25)26)13-17-7-9-18(10-8-17)23(27)29-4/h6-13H,1-5H3/b20-13-. The molecule has 0 aromatic heterocycles. The number of methoxy groups -OCH3 is 2. The summed E-state index contributed by atoms with van der Waals surface area (Å²) in [6.07, 6.45) is 1.63. The zero-order chi connectivity index (χ0) is 22.0. The van der Waals surface area contributed by atoms with Gasteiger partial charge in [0.25, 0.3) is 5.91 Å². The molecule has 0 unspecified atom stereocenters. The van der Waals surface area contributed by atoms with E-state index in [1.165, 1.54) is 19.1 Å². The maximum absolute atomic E-state index is 13.3. The van der Waals surface area contributed by atoms with Crippen molar-refractivity contribution in [2.75, 3.05) is 19.1 Å². The lowest BCUT2D eigenvalue weighted by atomic mass is 10.0. The second kappa shape index (κ2) is 8.37. The molecule has 6 heteroatoms. The molecular formula is C24H23NO5. The zero-order valence-corrected chi connectivity index (χ0v) is 17.6. The van der Waals surface area contributed by atoms with E-state index >= 15 is 0 Å². The van der Waals surface area contributed by atoms with Gasteiger partial charge in [-0.3, -0.25) is 9.69 Å². The summed E-state index contributed by atoms with van der Waals surface area (Å²) in [5.41, 5.74) is 4.88. The van der Waals surface area contributed by atoms with Gasteiger partial charge in [-0.15, -0.1) is 0 Å². The first-order chi connectivity index (χ1) is 14.3. The highest BCUT2D eigenvalue weighted by Crippen LogP contribution is 2.36. The molecule has 0 N–H and O–H groups in total. The van der Waals surface area contributed by atoms with Crippen molar-refractivity contribution in [3.8, 4) is 0 Å². The average Bonchev–Trinajstić information content (AvgIpc) is 2.99. The maximum Gasteiger partial charge on any atom is 0.340 e. The maximum atomic E-state index is 13.3. The van der Waals surface area contributed by atoms with Gasteiger partial charge >= 0.3 is 11.9 Å². The number of carbonyl (C=O) groups is 3. The summed E-state index contributed by atoms with van der Waals surface area (Å²) in [4.78, 5) is 38.9. The number of hydrogen-bond acceptors (Lipinski definition) is 5. The van der Waals surface area contributed by atoms with Gasteiger partial charge in [0.2, 0.25) is 0 Å². The molecule has 1 aliphatic rings. The van der Waals surface area contributed by atoms with E-state index in [0.29, 0.717) is 22.5 Å². The van der Waals surface area contributed by atoms with Crippen LogP contribution < -0.4 is 4.90 Å². The van der Waals surface area contributed by atoms with E-state index in [4.69, 9.17) is 9.47 Å². The summed E-state index contributed by atoms with van der Waals surface area (Å²) in [6.45, 7) is 5.69. The van der Waals surface area contributed by atoms with Crippen LogP contribution in [0, 0.1) is 13.8 Å². The highest BCUT2D eigenvalue weighted by atomic mass is 16.5. The Hall–Kier alpha value is -3.67. The minimum Gasteiger partial charge on any atom is -0.465 e. The molecule has 0 bridgehead atoms. The number of hydrogen-bond donors (Lipinski definition) is 0. The molecule has 0 fully saturated rings. The van der Waals surface area contributed by atoms with E-state index in [2.05, 4.69) is 0 Å². The quantitative estimate of drug-likeness (QED) is 0.569. The van der Waals surface area contributed by atoms with Crippen LogP contribution in [-0.2, 0) is 19.1 Å². The molecule has 3 rings (SSSR count). The van der Waals surface area contributed by atoms with Crippen LogP contribution >= 0.6 is 0 Å². The minimum atomic E-state index is -0.579. The van der Waals surface area contributed by atoms with Gasteiger partial charge in [-0.2, -0.15) is 0 Å². The number of rotatable bonds is 4. The molecule has 0 radical (unpaired) electrons. The third-order valence-electron chi connectivity index (χ3n) is 5.18. The third kappa shape index (κ3) is 3.76. The number of aryl methyl sites for hydroxylation is 2. The van der Waals surface area contributed by atoms with E-state index in [1.807, 2.05) is 32.0 Å². The predicted molar refractivity (Wildman–Crippen MR) is 114 cm³/mol. The predicted octanol–water partition coefficient (Wildman–Crippen LogP) is 3.97. The van der Waals surface area contributed by atoms with E-state index < -0.39 is 11.9 Å². The van der Waals surface area contributed by atoms with Crippen LogP contribution in [0.15, 0.2) is 59.3 Å². The Kier molecular flexibility index (Phi) is 5.87. The van der Waals surface area contributed by atoms with Crippen LogP contribution in [0.5, 0.6) is 0 Å². The minimum absolute atomic E-state index is 0.220. The first kappa shape index (κ1) is 21.0. The van der Waals surface area contributed by atoms with Crippen molar-refractivity contribution in [1.29, 1.82) is 0 Å². The van der Waals surface area contributed by atoms with E-state index in [1.54, 1.807) is 37.3 Å². The molecule has 154 valence electrons. The zero-order valence-electron chi connectivity index (χ0n) is 17.6. The lowest BCUT2D eigenvalue weighted by molar-refractivity contribution is -0.136.